The molecule has 152 valence electrons. The average molecular weight is 428 g/mol. The first-order chi connectivity index (χ1) is 13.7. The maximum Gasteiger partial charge on any atom is 0.336 e. The maximum absolute atomic E-state index is 14.1. The third-order valence-electron chi connectivity index (χ3n) is 4.27. The number of carbonyl (C=O) groups is 2. The van der Waals surface area contributed by atoms with Crippen molar-refractivity contribution in [2.45, 2.75) is 10.9 Å². The van der Waals surface area contributed by atoms with Crippen molar-refractivity contribution in [3.63, 3.8) is 0 Å². The summed E-state index contributed by atoms with van der Waals surface area (Å²) >= 11 is 0. The molecule has 0 radical (unpaired) electrons. The highest BCUT2D eigenvalue weighted by atomic mass is 32.2. The van der Waals surface area contributed by atoms with Crippen LogP contribution in [0.4, 0.5) is 23.7 Å². The van der Waals surface area contributed by atoms with Crippen LogP contribution >= 0.6 is 0 Å². The van der Waals surface area contributed by atoms with E-state index in [2.05, 4.69) is 15.6 Å². The number of urea groups is 1. The van der Waals surface area contributed by atoms with Gasteiger partial charge in [0.1, 0.15) is 41.3 Å². The molecule has 2 aliphatic heterocycles. The van der Waals surface area contributed by atoms with Crippen LogP contribution in [0.2, 0.25) is 0 Å². The SMILES string of the molecule is O=C(CN1C(=O)Nc2ccc(F)c(F)c2S1(=O)=O)N[C@@H]1COc2cc(F)cnc21. The van der Waals surface area contributed by atoms with Gasteiger partial charge in [-0.2, -0.15) is 0 Å². The van der Waals surface area contributed by atoms with Crippen molar-refractivity contribution in [2.75, 3.05) is 18.5 Å². The molecule has 1 aromatic heterocycles. The average Bonchev–Trinajstić information content (AvgIpc) is 3.03. The van der Waals surface area contributed by atoms with Crippen LogP contribution in [-0.4, -0.2) is 42.8 Å². The molecule has 9 nitrogen and oxygen atoms in total. The molecule has 3 amide bonds. The molecule has 29 heavy (non-hydrogen) atoms. The van der Waals surface area contributed by atoms with Crippen molar-refractivity contribution >= 4 is 27.6 Å². The second-order valence-corrected chi connectivity index (χ2v) is 7.95. The minimum Gasteiger partial charge on any atom is -0.489 e. The zero-order valence-corrected chi connectivity index (χ0v) is 15.1. The van der Waals surface area contributed by atoms with Gasteiger partial charge in [-0.15, -0.1) is 0 Å². The van der Waals surface area contributed by atoms with Gasteiger partial charge in [-0.05, 0) is 12.1 Å². The molecule has 3 heterocycles. The minimum atomic E-state index is -4.83. The summed E-state index contributed by atoms with van der Waals surface area (Å²) in [5.41, 5.74) is -0.209. The third kappa shape index (κ3) is 3.12. The first kappa shape index (κ1) is 19.0. The Hall–Kier alpha value is -3.35. The van der Waals surface area contributed by atoms with E-state index in [1.54, 1.807) is 0 Å². The van der Waals surface area contributed by atoms with Gasteiger partial charge < -0.3 is 15.4 Å². The lowest BCUT2D eigenvalue weighted by Crippen LogP contribution is -2.49. The number of hydrogen-bond donors (Lipinski definition) is 2. The number of rotatable bonds is 3. The molecule has 2 aliphatic rings. The molecular weight excluding hydrogens is 417 g/mol. The number of nitrogens with zero attached hydrogens (tertiary/aromatic N) is 2. The van der Waals surface area contributed by atoms with Gasteiger partial charge in [-0.1, -0.05) is 0 Å². The van der Waals surface area contributed by atoms with Crippen molar-refractivity contribution in [3.8, 4) is 5.75 Å². The Morgan fingerprint density at radius 1 is 1.34 bits per heavy atom. The lowest BCUT2D eigenvalue weighted by Gasteiger charge is -2.28. The van der Waals surface area contributed by atoms with E-state index in [0.29, 0.717) is 6.07 Å². The first-order valence-corrected chi connectivity index (χ1v) is 9.52. The number of ether oxygens (including phenoxy) is 1. The van der Waals surface area contributed by atoms with Gasteiger partial charge in [0.2, 0.25) is 5.91 Å². The molecule has 0 aliphatic carbocycles. The highest BCUT2D eigenvalue weighted by molar-refractivity contribution is 7.90. The number of aromatic nitrogens is 1. The van der Waals surface area contributed by atoms with Crippen LogP contribution in [0.5, 0.6) is 5.75 Å². The first-order valence-electron chi connectivity index (χ1n) is 8.08. The normalized spacial score (nSPS) is 19.1. The number of hydrogen-bond acceptors (Lipinski definition) is 6. The van der Waals surface area contributed by atoms with Gasteiger partial charge in [0, 0.05) is 6.07 Å². The second kappa shape index (κ2) is 6.62. The summed E-state index contributed by atoms with van der Waals surface area (Å²) in [4.78, 5) is 27.2. The van der Waals surface area contributed by atoms with Gasteiger partial charge in [-0.25, -0.2) is 30.7 Å². The van der Waals surface area contributed by atoms with Crippen molar-refractivity contribution in [1.82, 2.24) is 14.6 Å². The number of nitrogens with one attached hydrogen (secondary N) is 2. The highest BCUT2D eigenvalue weighted by Gasteiger charge is 2.41. The Kier molecular flexibility index (Phi) is 4.33. The van der Waals surface area contributed by atoms with Crippen LogP contribution in [0.15, 0.2) is 29.3 Å². The van der Waals surface area contributed by atoms with E-state index >= 15 is 0 Å². The van der Waals surface area contributed by atoms with Gasteiger partial charge in [0.15, 0.2) is 11.6 Å². The molecule has 13 heteroatoms. The van der Waals surface area contributed by atoms with E-state index in [-0.39, 0.29) is 22.4 Å². The number of pyridine rings is 1. The smallest absolute Gasteiger partial charge is 0.336 e. The predicted molar refractivity (Wildman–Crippen MR) is 89.8 cm³/mol. The Morgan fingerprint density at radius 2 is 2.10 bits per heavy atom. The van der Waals surface area contributed by atoms with Crippen LogP contribution in [0.25, 0.3) is 0 Å². The molecule has 0 unspecified atom stereocenters. The van der Waals surface area contributed by atoms with Gasteiger partial charge in [0.25, 0.3) is 10.0 Å². The zero-order chi connectivity index (χ0) is 20.9. The predicted octanol–water partition coefficient (Wildman–Crippen LogP) is 1.29. The van der Waals surface area contributed by atoms with E-state index in [4.69, 9.17) is 4.74 Å². The molecule has 1 aromatic carbocycles. The molecule has 1 atom stereocenters. The van der Waals surface area contributed by atoms with Crippen LogP contribution < -0.4 is 15.4 Å². The summed E-state index contributed by atoms with van der Waals surface area (Å²) < 4.78 is 71.2. The molecule has 2 aromatic rings. The summed E-state index contributed by atoms with van der Waals surface area (Å²) in [5.74, 6) is -4.55. The third-order valence-corrected chi connectivity index (χ3v) is 6.06. The van der Waals surface area contributed by atoms with Gasteiger partial charge >= 0.3 is 6.03 Å². The molecule has 0 spiro atoms. The van der Waals surface area contributed by atoms with E-state index < -0.39 is 62.6 Å². The van der Waals surface area contributed by atoms with Gasteiger partial charge in [0.05, 0.1) is 11.9 Å². The second-order valence-electron chi connectivity index (χ2n) is 6.15. The Morgan fingerprint density at radius 3 is 2.86 bits per heavy atom. The van der Waals surface area contributed by atoms with E-state index in [1.165, 1.54) is 0 Å². The molecule has 2 N–H and O–H groups in total. The van der Waals surface area contributed by atoms with Crippen LogP contribution in [0, 0.1) is 17.5 Å². The summed E-state index contributed by atoms with van der Waals surface area (Å²) in [7, 11) is -4.83. The summed E-state index contributed by atoms with van der Waals surface area (Å²) in [5, 5.41) is 4.50. The maximum atomic E-state index is 14.1. The Balaban J connectivity index is 1.56. The fraction of sp³-hybridized carbons (Fsp3) is 0.188. The molecule has 4 rings (SSSR count). The van der Waals surface area contributed by atoms with E-state index in [9.17, 15) is 31.2 Å². The summed E-state index contributed by atoms with van der Waals surface area (Å²) in [6.45, 7) is -1.09. The van der Waals surface area contributed by atoms with Gasteiger partial charge in [-0.3, -0.25) is 9.78 Å². The topological polar surface area (TPSA) is 118 Å². The van der Waals surface area contributed by atoms with Crippen molar-refractivity contribution in [1.29, 1.82) is 0 Å². The van der Waals surface area contributed by atoms with Crippen LogP contribution in [-0.2, 0) is 14.8 Å². The molecule has 0 saturated heterocycles. The monoisotopic (exact) mass is 428 g/mol. The standard InChI is InChI=1S/C16H11F3N4O5S/c17-7-3-11-14(20-4-7)10(6-28-11)21-12(24)5-23-16(25)22-9-2-1-8(18)13(19)15(9)29(23,26)27/h1-4,10H,5-6H2,(H,21,24)(H,22,25)/t10-/m1/s1. The number of benzene rings is 1. The number of fused-ring (bicyclic) bond motifs is 2. The molecule has 0 saturated carbocycles. The number of amides is 3. The van der Waals surface area contributed by atoms with Crippen LogP contribution in [0.3, 0.4) is 0 Å². The lowest BCUT2D eigenvalue weighted by atomic mass is 10.2. The Labute approximate surface area is 161 Å². The largest absolute Gasteiger partial charge is 0.489 e. The van der Waals surface area contributed by atoms with E-state index in [1.807, 2.05) is 0 Å². The summed E-state index contributed by atoms with van der Waals surface area (Å²) in [6, 6.07) is 0.625. The van der Waals surface area contributed by atoms with Crippen molar-refractivity contribution < 1.29 is 35.9 Å². The number of carbonyl (C=O) groups excluding carboxylic acids is 2. The summed E-state index contributed by atoms with van der Waals surface area (Å²) in [6.07, 6.45) is 0.920. The number of halogens is 3. The number of anilines is 1. The fourth-order valence-electron chi connectivity index (χ4n) is 2.98. The quantitative estimate of drug-likeness (QED) is 0.761. The zero-order valence-electron chi connectivity index (χ0n) is 14.3. The molecule has 0 fully saturated rings. The van der Waals surface area contributed by atoms with Crippen LogP contribution in [0.1, 0.15) is 11.7 Å². The van der Waals surface area contributed by atoms with Crippen molar-refractivity contribution in [2.24, 2.45) is 0 Å². The Bertz CT molecular complexity index is 1160. The molecular formula is C16H11F3N4O5S. The minimum absolute atomic E-state index is 0.0842. The number of sulfonamides is 1. The van der Waals surface area contributed by atoms with E-state index in [0.717, 1.165) is 18.3 Å². The lowest BCUT2D eigenvalue weighted by molar-refractivity contribution is -0.121. The highest BCUT2D eigenvalue weighted by Crippen LogP contribution is 2.34. The van der Waals surface area contributed by atoms with Crippen molar-refractivity contribution in [3.05, 3.63) is 47.5 Å². The fourth-order valence-corrected chi connectivity index (χ4v) is 4.47. The molecule has 0 bridgehead atoms.